The van der Waals surface area contributed by atoms with E-state index in [-0.39, 0.29) is 80.7 Å². The van der Waals surface area contributed by atoms with Gasteiger partial charge in [0.2, 0.25) is 23.6 Å². The molecule has 15 heteroatoms. The van der Waals surface area contributed by atoms with Crippen molar-refractivity contribution in [3.05, 3.63) is 98.8 Å². The number of carbonyl (C=O) groups excluding carboxylic acids is 5. The molecule has 0 spiro atoms. The highest BCUT2D eigenvalue weighted by atomic mass is 16.6. The van der Waals surface area contributed by atoms with Gasteiger partial charge in [-0.05, 0) is 42.0 Å². The van der Waals surface area contributed by atoms with Crippen molar-refractivity contribution in [2.24, 2.45) is 11.7 Å². The number of para-hydroxylation sites is 1. The third-order valence-electron chi connectivity index (χ3n) is 10.3. The van der Waals surface area contributed by atoms with E-state index in [1.165, 1.54) is 0 Å². The van der Waals surface area contributed by atoms with Gasteiger partial charge in [0.1, 0.15) is 12.6 Å². The molecule has 0 aliphatic carbocycles. The van der Waals surface area contributed by atoms with E-state index in [1.807, 2.05) is 68.4 Å². The molecule has 6 N–H and O–H groups in total. The van der Waals surface area contributed by atoms with Crippen LogP contribution in [0.4, 0.5) is 0 Å². The van der Waals surface area contributed by atoms with Crippen LogP contribution in [0.5, 0.6) is 0 Å². The number of nitrogens with two attached hydrogens (primary N) is 1. The third kappa shape index (κ3) is 8.19. The number of fused-ring (bicyclic) bond motifs is 5. The highest BCUT2D eigenvalue weighted by Crippen LogP contribution is 2.40. The number of cyclic esters (lactones) is 1. The molecule has 0 bridgehead atoms. The van der Waals surface area contributed by atoms with Gasteiger partial charge in [-0.2, -0.15) is 0 Å². The second-order valence-electron chi connectivity index (χ2n) is 14.5. The molecule has 0 fully saturated rings. The maximum Gasteiger partial charge on any atom is 0.343 e. The number of carbonyl (C=O) groups is 5. The molecule has 4 heterocycles. The molecule has 56 heavy (non-hydrogen) atoms. The second kappa shape index (κ2) is 16.8. The zero-order chi connectivity index (χ0) is 40.1. The minimum atomic E-state index is -1.95. The van der Waals surface area contributed by atoms with Gasteiger partial charge in [0.05, 0.1) is 48.6 Å². The summed E-state index contributed by atoms with van der Waals surface area (Å²) in [6.07, 6.45) is 0.590. The Morgan fingerprint density at radius 2 is 1.73 bits per heavy atom. The van der Waals surface area contributed by atoms with Crippen LogP contribution in [0.15, 0.2) is 65.5 Å². The number of nitrogens with zero attached hydrogens (tertiary/aromatic N) is 3. The lowest BCUT2D eigenvalue weighted by Crippen LogP contribution is -2.52. The van der Waals surface area contributed by atoms with Crippen LogP contribution in [0.1, 0.15) is 55.0 Å². The van der Waals surface area contributed by atoms with Crippen molar-refractivity contribution in [1.82, 2.24) is 30.4 Å². The Balaban J connectivity index is 1.23. The largest absolute Gasteiger partial charge is 0.458 e. The lowest BCUT2D eigenvalue weighted by atomic mass is 9.86. The van der Waals surface area contributed by atoms with Crippen molar-refractivity contribution in [2.75, 3.05) is 32.7 Å². The number of nitrogens with one attached hydrogen (secondary N) is 3. The number of aliphatic hydroxyl groups is 1. The predicted octanol–water partition coefficient (Wildman–Crippen LogP) is 1.03. The second-order valence-corrected chi connectivity index (χ2v) is 14.5. The van der Waals surface area contributed by atoms with Crippen LogP contribution in [0.2, 0.25) is 0 Å². The van der Waals surface area contributed by atoms with E-state index in [0.717, 1.165) is 22.1 Å². The van der Waals surface area contributed by atoms with E-state index in [9.17, 15) is 33.9 Å². The van der Waals surface area contributed by atoms with E-state index < -0.39 is 35.3 Å². The molecule has 4 aromatic rings. The molecular weight excluding hydrogens is 718 g/mol. The molecule has 0 radical (unpaired) electrons. The highest BCUT2D eigenvalue weighted by molar-refractivity contribution is 5.93. The standard InChI is InChI=1S/C41H47N7O8/c1-4-41(55)30-17-33-37-28(22-48(33)39(53)29(30)23-56-40(41)54)26(27-12-8-9-13-31(27)46-37)14-15-47(21-24(2)3)36(51)20-44-38(52)32(16-25-10-6-5-7-11-25)45-35(50)19-43-34(49)18-42/h5-13,17,24,32,55H,4,14-16,18-23,42H2,1-3H3,(H,43,49)(H,44,52)(H,45,50)/t32-,41-/m0/s1. The zero-order valence-electron chi connectivity index (χ0n) is 31.7. The van der Waals surface area contributed by atoms with Crippen LogP contribution in [0.3, 0.4) is 0 Å². The summed E-state index contributed by atoms with van der Waals surface area (Å²) in [4.78, 5) is 84.8. The number of hydrogen-bond acceptors (Lipinski definition) is 10. The maximum absolute atomic E-state index is 13.9. The average molecular weight is 766 g/mol. The first-order chi connectivity index (χ1) is 26.8. The topological polar surface area (TPSA) is 215 Å². The number of aromatic nitrogens is 2. The summed E-state index contributed by atoms with van der Waals surface area (Å²) in [6, 6.07) is 17.4. The van der Waals surface area contributed by atoms with Gasteiger partial charge in [-0.1, -0.05) is 69.3 Å². The van der Waals surface area contributed by atoms with Crippen LogP contribution < -0.4 is 27.2 Å². The normalized spacial score (nSPS) is 16.0. The van der Waals surface area contributed by atoms with E-state index in [4.69, 9.17) is 15.5 Å². The van der Waals surface area contributed by atoms with Gasteiger partial charge in [-0.3, -0.25) is 24.0 Å². The average Bonchev–Trinajstić information content (AvgIpc) is 3.57. The first-order valence-corrected chi connectivity index (χ1v) is 18.8. The molecule has 294 valence electrons. The molecule has 0 saturated carbocycles. The SMILES string of the molecule is CC[C@@]1(O)C(=O)OCc2c1cc1n(c2=O)Cc2c-1nc1ccccc1c2CCN(CC(C)C)C(=O)CNC(=O)[C@H](Cc1ccccc1)NC(=O)CNC(=O)CN. The molecule has 2 aromatic heterocycles. The van der Waals surface area contributed by atoms with E-state index in [2.05, 4.69) is 16.0 Å². The van der Waals surface area contributed by atoms with E-state index in [1.54, 1.807) is 22.5 Å². The quantitative estimate of drug-likeness (QED) is 0.0955. The number of benzene rings is 2. The molecule has 4 amide bonds. The number of ether oxygens (including phenoxy) is 1. The molecule has 15 nitrogen and oxygen atoms in total. The fraction of sp³-hybridized carbons (Fsp3) is 0.390. The monoisotopic (exact) mass is 765 g/mol. The van der Waals surface area contributed by atoms with Crippen molar-refractivity contribution in [1.29, 1.82) is 0 Å². The summed E-state index contributed by atoms with van der Waals surface area (Å²) < 4.78 is 6.82. The van der Waals surface area contributed by atoms with Gasteiger partial charge in [0.15, 0.2) is 5.60 Å². The molecule has 2 atom stereocenters. The first kappa shape index (κ1) is 39.8. The smallest absolute Gasteiger partial charge is 0.343 e. The van der Waals surface area contributed by atoms with Gasteiger partial charge in [0, 0.05) is 36.0 Å². The van der Waals surface area contributed by atoms with Gasteiger partial charge in [0.25, 0.3) is 5.56 Å². The summed E-state index contributed by atoms with van der Waals surface area (Å²) in [5.41, 5.74) is 7.72. The van der Waals surface area contributed by atoms with Crippen molar-refractivity contribution >= 4 is 40.5 Å². The van der Waals surface area contributed by atoms with Gasteiger partial charge in [-0.25, -0.2) is 9.78 Å². The maximum atomic E-state index is 13.9. The zero-order valence-corrected chi connectivity index (χ0v) is 31.7. The fourth-order valence-electron chi connectivity index (χ4n) is 7.36. The Morgan fingerprint density at radius 1 is 1.00 bits per heavy atom. The Labute approximate surface area is 323 Å². The van der Waals surface area contributed by atoms with Gasteiger partial charge in [-0.15, -0.1) is 0 Å². The van der Waals surface area contributed by atoms with Gasteiger partial charge < -0.3 is 41.0 Å². The van der Waals surface area contributed by atoms with Crippen LogP contribution in [0, 0.1) is 5.92 Å². The Bertz CT molecular complexity index is 2240. The lowest BCUT2D eigenvalue weighted by Gasteiger charge is -2.31. The fourth-order valence-corrected chi connectivity index (χ4v) is 7.36. The minimum absolute atomic E-state index is 0.0301. The molecule has 0 saturated heterocycles. The molecule has 6 rings (SSSR count). The number of esters is 1. The summed E-state index contributed by atoms with van der Waals surface area (Å²) >= 11 is 0. The van der Waals surface area contributed by atoms with Crippen LogP contribution >= 0.6 is 0 Å². The highest BCUT2D eigenvalue weighted by Gasteiger charge is 2.45. The summed E-state index contributed by atoms with van der Waals surface area (Å²) in [7, 11) is 0. The summed E-state index contributed by atoms with van der Waals surface area (Å²) in [6.45, 7) is 5.34. The lowest BCUT2D eigenvalue weighted by molar-refractivity contribution is -0.172. The minimum Gasteiger partial charge on any atom is -0.458 e. The molecular formula is C41H47N7O8. The van der Waals surface area contributed by atoms with Crippen molar-refractivity contribution in [2.45, 2.75) is 64.8 Å². The Morgan fingerprint density at radius 3 is 2.45 bits per heavy atom. The number of amides is 4. The molecule has 2 aromatic carbocycles. The van der Waals surface area contributed by atoms with Gasteiger partial charge >= 0.3 is 5.97 Å². The number of rotatable bonds is 15. The molecule has 0 unspecified atom stereocenters. The van der Waals surface area contributed by atoms with E-state index in [0.29, 0.717) is 29.9 Å². The Hall–Kier alpha value is -5.93. The summed E-state index contributed by atoms with van der Waals surface area (Å²) in [5.74, 6) is -2.67. The molecule has 2 aliphatic heterocycles. The van der Waals surface area contributed by atoms with Crippen LogP contribution in [0.25, 0.3) is 22.3 Å². The third-order valence-corrected chi connectivity index (χ3v) is 10.3. The predicted molar refractivity (Wildman–Crippen MR) is 207 cm³/mol. The van der Waals surface area contributed by atoms with Crippen molar-refractivity contribution in [3.8, 4) is 11.4 Å². The van der Waals surface area contributed by atoms with Crippen LogP contribution in [-0.2, 0) is 60.3 Å². The van der Waals surface area contributed by atoms with Crippen LogP contribution in [-0.4, -0.2) is 87.9 Å². The number of hydrogen-bond donors (Lipinski definition) is 5. The molecule has 2 aliphatic rings. The summed E-state index contributed by atoms with van der Waals surface area (Å²) in [5, 5.41) is 19.9. The van der Waals surface area contributed by atoms with Crippen molar-refractivity contribution < 1.29 is 33.8 Å². The first-order valence-electron chi connectivity index (χ1n) is 18.8. The van der Waals surface area contributed by atoms with Crippen molar-refractivity contribution in [3.63, 3.8) is 0 Å². The number of pyridine rings is 2. The Kier molecular flexibility index (Phi) is 12.0. The van der Waals surface area contributed by atoms with E-state index >= 15 is 0 Å².